The number of ether oxygens (including phenoxy) is 6. The average Bonchev–Trinajstić information content (AvgIpc) is 0.762. The normalized spacial score (nSPS) is 19.2. The first-order valence-corrected chi connectivity index (χ1v) is 46.9. The molecule has 6 aliphatic heterocycles. The predicted octanol–water partition coefficient (Wildman–Crippen LogP) is 14.3. The lowest BCUT2D eigenvalue weighted by Crippen LogP contribution is -2.57. The maximum atomic E-state index is 13.7. The first-order chi connectivity index (χ1) is 60.0. The van der Waals surface area contributed by atoms with Crippen LogP contribution in [0.15, 0.2) is 173 Å². The number of carbonyl (C=O) groups excluding carboxylic acids is 3. The van der Waals surface area contributed by atoms with E-state index in [-0.39, 0.29) is 131 Å². The zero-order chi connectivity index (χ0) is 89.7. The van der Waals surface area contributed by atoms with E-state index in [0.29, 0.717) is 78.2 Å². The van der Waals surface area contributed by atoms with Gasteiger partial charge >= 0.3 is 24.5 Å². The van der Waals surface area contributed by atoms with Gasteiger partial charge < -0.3 is 57.7 Å². The summed E-state index contributed by atoms with van der Waals surface area (Å²) in [5, 5.41) is 3.85. The molecule has 3 unspecified atom stereocenters. The largest absolute Gasteiger partial charge is 0.445 e. The second kappa shape index (κ2) is 37.8. The van der Waals surface area contributed by atoms with Crippen molar-refractivity contribution in [1.29, 1.82) is 0 Å². The van der Waals surface area contributed by atoms with Crippen molar-refractivity contribution in [3.05, 3.63) is 258 Å². The second-order valence-electron chi connectivity index (χ2n) is 32.7. The number of hydrogen-bond donors (Lipinski definition) is 0. The minimum Gasteiger partial charge on any atom is -0.445 e. The molecule has 36 heteroatoms. The Morgan fingerprint density at radius 1 is 0.492 bits per heavy atom. The molecule has 660 valence electrons. The number of aromatic nitrogens is 6. The zero-order valence-electron chi connectivity index (χ0n) is 70.5. The van der Waals surface area contributed by atoms with E-state index in [2.05, 4.69) is 75.7 Å². The molecule has 3 fully saturated rings. The lowest BCUT2D eigenvalue weighted by molar-refractivity contribution is -0.139. The molecule has 6 aliphatic rings. The fraction of sp³-hybridized carbons (Fsp3) is 0.389. The van der Waals surface area contributed by atoms with E-state index in [1.165, 1.54) is 23.1 Å². The number of alkyl halides is 3. The molecule has 126 heavy (non-hydrogen) atoms. The van der Waals surface area contributed by atoms with Crippen LogP contribution in [0.4, 0.5) is 45.0 Å². The molecule has 9 heterocycles. The van der Waals surface area contributed by atoms with Crippen molar-refractivity contribution in [2.75, 3.05) is 105 Å². The number of carbonyl (C=O) groups is 3. The number of hydrogen-bond acceptors (Lipinski definition) is 24. The number of sulfone groups is 3. The monoisotopic (exact) mass is 1800 g/mol. The van der Waals surface area contributed by atoms with Crippen molar-refractivity contribution in [2.45, 2.75) is 151 Å². The molecule has 3 aromatic heterocycles. The van der Waals surface area contributed by atoms with Crippen LogP contribution in [0.3, 0.4) is 0 Å². The first kappa shape index (κ1) is 90.5. The number of halogens is 4. The summed E-state index contributed by atoms with van der Waals surface area (Å²) in [4.78, 5) is 82.8. The van der Waals surface area contributed by atoms with Gasteiger partial charge in [0.15, 0.2) is 0 Å². The average molecular weight is 1800 g/mol. The van der Waals surface area contributed by atoms with Crippen LogP contribution in [0, 0.1) is 20.1 Å². The van der Waals surface area contributed by atoms with Crippen LogP contribution in [-0.2, 0) is 116 Å². The standard InChI is InChI=1S/C32H30ClN5O5S.C29H28F3N5O5S.C29H36N4O5S/c1-34-17-23-18-37(14-15-38(23)32(39)43-19-21-8-4-3-5-9-21)30-25-20-42-28(16-27(25)35-31(36-30)44(2,40)41)24-12-6-10-22-11-7-13-26(33)29(22)24;1-33-15-20-16-36(12-13-37(20)28(38)42-17-19-8-4-3-5-9-19)26-22-18-41-25(14-24(22)34-27(35-26)43(2,39)40)21-10-6-7-11-23(21)29(30,31)32;1-18-9-7-10-20-11-8-12-21(25(18)20)24-15-23-22(17-37-24)26(31-27(30-23)39(6,35)36)33-14-13-32(16-19(33)2)28(34)38-29(3,4)5/h3-13,23,28H,14-20H2,2H3;3-11,20,25H,12-18H2,2H3;7-12,19,24H,13-17H2,1-6H3/t23-,28?;20-,25?;19-,24?/m000/s1. The van der Waals surface area contributed by atoms with Gasteiger partial charge in [-0.05, 0) is 96.3 Å². The minimum atomic E-state index is -4.60. The van der Waals surface area contributed by atoms with Crippen molar-refractivity contribution in [1.82, 2.24) is 44.6 Å². The Bertz CT molecular complexity index is 6220. The summed E-state index contributed by atoms with van der Waals surface area (Å²) >= 11 is 6.59. The molecule has 7 aromatic carbocycles. The lowest BCUT2D eigenvalue weighted by Gasteiger charge is -2.42. The molecular weight excluding hydrogens is 1710 g/mol. The van der Waals surface area contributed by atoms with Gasteiger partial charge in [0.1, 0.15) is 48.4 Å². The molecule has 10 aromatic rings. The van der Waals surface area contributed by atoms with Crippen LogP contribution >= 0.6 is 11.6 Å². The quantitative estimate of drug-likeness (QED) is 0.0523. The number of piperazine rings is 3. The van der Waals surface area contributed by atoms with Crippen molar-refractivity contribution in [3.8, 4) is 0 Å². The van der Waals surface area contributed by atoms with Gasteiger partial charge in [-0.25, -0.2) is 82.7 Å². The molecule has 0 radical (unpaired) electrons. The number of aryl methyl sites for hydroxylation is 1. The third-order valence-corrected chi connectivity index (χ3v) is 25.4. The van der Waals surface area contributed by atoms with Gasteiger partial charge in [-0.3, -0.25) is 9.80 Å². The minimum absolute atomic E-state index is 0.0318. The highest BCUT2D eigenvalue weighted by Crippen LogP contribution is 2.44. The van der Waals surface area contributed by atoms with Crippen molar-refractivity contribution in [2.24, 2.45) is 0 Å². The number of rotatable bonds is 15. The number of anilines is 3. The molecule has 0 saturated carbocycles. The Morgan fingerprint density at radius 2 is 0.897 bits per heavy atom. The summed E-state index contributed by atoms with van der Waals surface area (Å²) in [5.74, 6) is 1.25. The maximum absolute atomic E-state index is 13.7. The molecule has 3 amide bonds. The van der Waals surface area contributed by atoms with Gasteiger partial charge in [0.2, 0.25) is 58.1 Å². The number of amides is 3. The highest BCUT2D eigenvalue weighted by Gasteiger charge is 2.43. The first-order valence-electron chi connectivity index (χ1n) is 40.8. The van der Waals surface area contributed by atoms with Gasteiger partial charge in [0.05, 0.1) is 60.8 Å². The second-order valence-corrected chi connectivity index (χ2v) is 38.8. The summed E-state index contributed by atoms with van der Waals surface area (Å²) < 4.78 is 152. The van der Waals surface area contributed by atoms with Crippen molar-refractivity contribution >= 4 is 98.4 Å². The Morgan fingerprint density at radius 3 is 1.34 bits per heavy atom. The predicted molar refractivity (Wildman–Crippen MR) is 464 cm³/mol. The summed E-state index contributed by atoms with van der Waals surface area (Å²) in [5.41, 5.74) is 6.81. The molecule has 0 spiro atoms. The molecular formula is C90H94ClF3N14O15S3. The van der Waals surface area contributed by atoms with E-state index < -0.39 is 88.5 Å². The topological polar surface area (TPSA) is 315 Å². The van der Waals surface area contributed by atoms with E-state index in [4.69, 9.17) is 53.2 Å². The van der Waals surface area contributed by atoms with E-state index in [0.717, 1.165) is 79.8 Å². The summed E-state index contributed by atoms with van der Waals surface area (Å²) in [6.45, 7) is 27.9. The van der Waals surface area contributed by atoms with E-state index >= 15 is 0 Å². The maximum Gasteiger partial charge on any atom is 0.416 e. The van der Waals surface area contributed by atoms with Crippen LogP contribution in [0.2, 0.25) is 5.02 Å². The van der Waals surface area contributed by atoms with Crippen molar-refractivity contribution < 1.29 is 81.2 Å². The van der Waals surface area contributed by atoms with Crippen LogP contribution in [-0.4, -0.2) is 203 Å². The molecule has 29 nitrogen and oxygen atoms in total. The summed E-state index contributed by atoms with van der Waals surface area (Å²) in [7, 11) is -11.3. The highest BCUT2D eigenvalue weighted by atomic mass is 35.5. The van der Waals surface area contributed by atoms with Crippen LogP contribution in [0.1, 0.15) is 119 Å². The van der Waals surface area contributed by atoms with Crippen molar-refractivity contribution in [3.63, 3.8) is 0 Å². The molecule has 0 bridgehead atoms. The van der Waals surface area contributed by atoms with Gasteiger partial charge in [-0.2, -0.15) is 13.2 Å². The highest BCUT2D eigenvalue weighted by molar-refractivity contribution is 7.91. The Labute approximate surface area is 734 Å². The zero-order valence-corrected chi connectivity index (χ0v) is 73.7. The van der Waals surface area contributed by atoms with E-state index in [1.54, 1.807) is 14.7 Å². The Kier molecular flexibility index (Phi) is 27.2. The van der Waals surface area contributed by atoms with Crippen LogP contribution in [0.5, 0.6) is 0 Å². The molecule has 3 saturated heterocycles. The smallest absolute Gasteiger partial charge is 0.416 e. The van der Waals surface area contributed by atoms with Gasteiger partial charge in [-0.15, -0.1) is 0 Å². The Hall–Kier alpha value is -11.7. The fourth-order valence-electron chi connectivity index (χ4n) is 16.5. The molecule has 16 rings (SSSR count). The molecule has 6 atom stereocenters. The molecule has 0 aliphatic carbocycles. The lowest BCUT2D eigenvalue weighted by atomic mass is 9.92. The number of fused-ring (bicyclic) bond motifs is 5. The van der Waals surface area contributed by atoms with Crippen LogP contribution < -0.4 is 14.7 Å². The SMILES string of the molecule is Cc1cccc2cccc(C3Cc4nc(S(C)(=O)=O)nc(N5CCN(C(=O)OC(C)(C)C)C[C@@H]5C)c4CO3)c12.[C-]#[N+]C[C@H]1CN(c2nc(S(C)(=O)=O)nc3c2COC(c2cccc4cccc(Cl)c24)C3)CCN1C(=O)OCc1ccccc1.[C-]#[N+]C[C@H]1CN(c2nc(S(C)(=O)=O)nc3c2COC(c2ccccc2C(F)(F)F)C3)CCN1C(=O)OCc1ccccc1. The summed E-state index contributed by atoms with van der Waals surface area (Å²) in [6, 6.07) is 46.5. The van der Waals surface area contributed by atoms with Gasteiger partial charge in [0, 0.05) is 130 Å². The van der Waals surface area contributed by atoms with E-state index in [1.807, 2.05) is 142 Å². The van der Waals surface area contributed by atoms with E-state index in [9.17, 15) is 52.8 Å². The third-order valence-electron chi connectivity index (χ3n) is 22.5. The number of nitrogens with zero attached hydrogens (tertiary/aromatic N) is 14. The summed E-state index contributed by atoms with van der Waals surface area (Å²) in [6.07, 6.45) is -3.86. The molecule has 0 N–H and O–H groups in total. The number of benzene rings is 7. The van der Waals surface area contributed by atoms with Gasteiger partial charge in [0.25, 0.3) is 0 Å². The Balaban J connectivity index is 0.000000154. The third kappa shape index (κ3) is 20.9. The fourth-order valence-corrected chi connectivity index (χ4v) is 18.4. The van der Waals surface area contributed by atoms with Gasteiger partial charge in [-0.1, -0.05) is 157 Å². The van der Waals surface area contributed by atoms with Crippen LogP contribution in [0.25, 0.3) is 31.2 Å².